The third-order valence-electron chi connectivity index (χ3n) is 5.28. The van der Waals surface area contributed by atoms with E-state index in [0.29, 0.717) is 52.5 Å². The van der Waals surface area contributed by atoms with Crippen molar-refractivity contribution in [1.29, 1.82) is 0 Å². The van der Waals surface area contributed by atoms with Crippen molar-refractivity contribution in [1.82, 2.24) is 8.61 Å². The van der Waals surface area contributed by atoms with Gasteiger partial charge in [0.05, 0.1) is 18.9 Å². The molecular formula is C19H31N3O4S. The van der Waals surface area contributed by atoms with E-state index in [1.807, 2.05) is 31.2 Å². The summed E-state index contributed by atoms with van der Waals surface area (Å²) in [4.78, 5) is 2.21. The molecule has 2 saturated heterocycles. The number of hydrogen-bond donors (Lipinski definition) is 0. The van der Waals surface area contributed by atoms with E-state index in [1.54, 1.807) is 15.7 Å². The molecule has 152 valence electrons. The highest BCUT2D eigenvalue weighted by molar-refractivity contribution is 7.86. The zero-order chi connectivity index (χ0) is 19.3. The van der Waals surface area contributed by atoms with Crippen molar-refractivity contribution in [2.75, 3.05) is 64.5 Å². The van der Waals surface area contributed by atoms with E-state index >= 15 is 0 Å². The number of anilines is 1. The summed E-state index contributed by atoms with van der Waals surface area (Å²) in [5.41, 5.74) is 1.04. The summed E-state index contributed by atoms with van der Waals surface area (Å²) in [5, 5.41) is 0. The lowest BCUT2D eigenvalue weighted by Gasteiger charge is -2.40. The molecule has 7 nitrogen and oxygen atoms in total. The number of hydrogen-bond acceptors (Lipinski definition) is 5. The molecule has 8 heteroatoms. The topological polar surface area (TPSA) is 62.3 Å². The highest BCUT2D eigenvalue weighted by Crippen LogP contribution is 2.30. The van der Waals surface area contributed by atoms with Gasteiger partial charge in [-0.3, -0.25) is 0 Å². The first-order valence-corrected chi connectivity index (χ1v) is 11.2. The summed E-state index contributed by atoms with van der Waals surface area (Å²) in [6, 6.07) is 7.95. The minimum Gasteiger partial charge on any atom is -0.492 e. The predicted molar refractivity (Wildman–Crippen MR) is 106 cm³/mol. The van der Waals surface area contributed by atoms with Crippen LogP contribution in [0.1, 0.15) is 19.8 Å². The summed E-state index contributed by atoms with van der Waals surface area (Å²) in [5.74, 6) is 1.15. The van der Waals surface area contributed by atoms with Gasteiger partial charge >= 0.3 is 0 Å². The quantitative estimate of drug-likeness (QED) is 0.702. The average molecular weight is 398 g/mol. The van der Waals surface area contributed by atoms with Crippen LogP contribution in [-0.2, 0) is 14.9 Å². The standard InChI is InChI=1S/C19H31N3O4S/c1-3-26-19-9-5-4-8-18(19)20-11-13-21(14-12-20)27(23,24)22-10-6-7-17(15-22)16-25-2/h4-5,8-9,17H,3,6-7,10-16H2,1-2H3. The molecule has 1 aromatic rings. The van der Waals surface area contributed by atoms with Crippen molar-refractivity contribution in [3.05, 3.63) is 24.3 Å². The van der Waals surface area contributed by atoms with Crippen LogP contribution in [0.15, 0.2) is 24.3 Å². The summed E-state index contributed by atoms with van der Waals surface area (Å²) in [6.45, 7) is 6.69. The Morgan fingerprint density at radius 2 is 1.81 bits per heavy atom. The summed E-state index contributed by atoms with van der Waals surface area (Å²) >= 11 is 0. The van der Waals surface area contributed by atoms with Gasteiger partial charge in [-0.05, 0) is 37.8 Å². The van der Waals surface area contributed by atoms with Gasteiger partial charge < -0.3 is 14.4 Å². The number of nitrogens with zero attached hydrogens (tertiary/aromatic N) is 3. The van der Waals surface area contributed by atoms with Crippen LogP contribution in [0.2, 0.25) is 0 Å². The number of ether oxygens (including phenoxy) is 2. The molecule has 0 aromatic heterocycles. The molecule has 0 amide bonds. The van der Waals surface area contributed by atoms with Crippen LogP contribution in [0.4, 0.5) is 5.69 Å². The first-order valence-electron chi connectivity index (χ1n) is 9.77. The second kappa shape index (κ2) is 9.23. The lowest BCUT2D eigenvalue weighted by Crippen LogP contribution is -2.55. The fourth-order valence-electron chi connectivity index (χ4n) is 3.93. The minimum atomic E-state index is -3.41. The Labute approximate surface area is 163 Å². The Balaban J connectivity index is 1.63. The van der Waals surface area contributed by atoms with Gasteiger partial charge in [-0.2, -0.15) is 17.0 Å². The largest absolute Gasteiger partial charge is 0.492 e. The Bertz CT molecular complexity index is 703. The van der Waals surface area contributed by atoms with Crippen LogP contribution in [0.3, 0.4) is 0 Å². The van der Waals surface area contributed by atoms with Gasteiger partial charge in [-0.1, -0.05) is 12.1 Å². The molecule has 27 heavy (non-hydrogen) atoms. The molecule has 0 radical (unpaired) electrons. The van der Waals surface area contributed by atoms with Crippen molar-refractivity contribution in [2.24, 2.45) is 5.92 Å². The molecule has 0 bridgehead atoms. The summed E-state index contributed by atoms with van der Waals surface area (Å²) < 4.78 is 40.4. The number of para-hydroxylation sites is 2. The predicted octanol–water partition coefficient (Wildman–Crippen LogP) is 1.81. The molecule has 2 heterocycles. The number of piperazine rings is 1. The van der Waals surface area contributed by atoms with Crippen molar-refractivity contribution in [2.45, 2.75) is 19.8 Å². The Morgan fingerprint density at radius 3 is 2.52 bits per heavy atom. The second-order valence-corrected chi connectivity index (χ2v) is 9.04. The molecule has 2 aliphatic rings. The average Bonchev–Trinajstić information content (AvgIpc) is 2.69. The van der Waals surface area contributed by atoms with E-state index in [-0.39, 0.29) is 5.92 Å². The van der Waals surface area contributed by atoms with Crippen molar-refractivity contribution in [3.63, 3.8) is 0 Å². The van der Waals surface area contributed by atoms with Crippen LogP contribution in [-0.4, -0.2) is 76.6 Å². The van der Waals surface area contributed by atoms with Crippen molar-refractivity contribution in [3.8, 4) is 5.75 Å². The third-order valence-corrected chi connectivity index (χ3v) is 7.28. The van der Waals surface area contributed by atoms with E-state index in [4.69, 9.17) is 9.47 Å². The number of rotatable bonds is 7. The number of piperidine rings is 1. The number of benzene rings is 1. The van der Waals surface area contributed by atoms with Crippen LogP contribution in [0.25, 0.3) is 0 Å². The fourth-order valence-corrected chi connectivity index (χ4v) is 5.64. The second-order valence-electron chi connectivity index (χ2n) is 7.12. The molecule has 0 aliphatic carbocycles. The van der Waals surface area contributed by atoms with Gasteiger partial charge in [0.15, 0.2) is 0 Å². The maximum absolute atomic E-state index is 13.1. The van der Waals surface area contributed by atoms with Crippen molar-refractivity contribution >= 4 is 15.9 Å². The lowest BCUT2D eigenvalue weighted by molar-refractivity contribution is 0.116. The van der Waals surface area contributed by atoms with Gasteiger partial charge in [-0.15, -0.1) is 0 Å². The first kappa shape index (κ1) is 20.4. The summed E-state index contributed by atoms with van der Waals surface area (Å²) in [7, 11) is -1.74. The highest BCUT2D eigenvalue weighted by Gasteiger charge is 2.35. The van der Waals surface area contributed by atoms with Crippen LogP contribution < -0.4 is 9.64 Å². The van der Waals surface area contributed by atoms with Crippen LogP contribution >= 0.6 is 0 Å². The molecule has 0 N–H and O–H groups in total. The Kier molecular flexibility index (Phi) is 6.97. The Morgan fingerprint density at radius 1 is 1.07 bits per heavy atom. The summed E-state index contributed by atoms with van der Waals surface area (Å²) in [6.07, 6.45) is 1.93. The fraction of sp³-hybridized carbons (Fsp3) is 0.684. The lowest BCUT2D eigenvalue weighted by atomic mass is 10.0. The monoisotopic (exact) mass is 397 g/mol. The zero-order valence-corrected chi connectivity index (χ0v) is 17.2. The SMILES string of the molecule is CCOc1ccccc1N1CCN(S(=O)(=O)N2CCCC(COC)C2)CC1. The zero-order valence-electron chi connectivity index (χ0n) is 16.3. The third kappa shape index (κ3) is 4.74. The van der Waals surface area contributed by atoms with Gasteiger partial charge in [0.25, 0.3) is 10.2 Å². The van der Waals surface area contributed by atoms with Crippen molar-refractivity contribution < 1.29 is 17.9 Å². The maximum Gasteiger partial charge on any atom is 0.282 e. The molecule has 3 rings (SSSR count). The van der Waals surface area contributed by atoms with E-state index in [0.717, 1.165) is 24.3 Å². The first-order chi connectivity index (χ1) is 13.1. The molecule has 1 unspecified atom stereocenters. The van der Waals surface area contributed by atoms with Crippen LogP contribution in [0.5, 0.6) is 5.75 Å². The molecule has 1 atom stereocenters. The maximum atomic E-state index is 13.1. The molecule has 2 fully saturated rings. The van der Waals surface area contributed by atoms with E-state index in [1.165, 1.54) is 0 Å². The highest BCUT2D eigenvalue weighted by atomic mass is 32.2. The van der Waals surface area contributed by atoms with Gasteiger partial charge in [0.2, 0.25) is 0 Å². The van der Waals surface area contributed by atoms with E-state index < -0.39 is 10.2 Å². The Hall–Kier alpha value is -1.35. The van der Waals surface area contributed by atoms with Gasteiger partial charge in [0, 0.05) is 46.4 Å². The van der Waals surface area contributed by atoms with Gasteiger partial charge in [0.1, 0.15) is 5.75 Å². The molecular weight excluding hydrogens is 366 g/mol. The van der Waals surface area contributed by atoms with E-state index in [2.05, 4.69) is 4.90 Å². The molecule has 1 aromatic carbocycles. The minimum absolute atomic E-state index is 0.290. The normalized spacial score (nSPS) is 22.7. The van der Waals surface area contributed by atoms with Crippen LogP contribution in [0, 0.1) is 5.92 Å². The number of methoxy groups -OCH3 is 1. The molecule has 0 saturated carbocycles. The molecule has 0 spiro atoms. The smallest absolute Gasteiger partial charge is 0.282 e. The van der Waals surface area contributed by atoms with E-state index in [9.17, 15) is 8.42 Å². The molecule has 2 aliphatic heterocycles. The van der Waals surface area contributed by atoms with Gasteiger partial charge in [-0.25, -0.2) is 0 Å².